The average molecular weight is 431 g/mol. The molecule has 2 aromatic heterocycles. The molecule has 24 heavy (non-hydrogen) atoms. The van der Waals surface area contributed by atoms with Gasteiger partial charge in [0.15, 0.2) is 0 Å². The lowest BCUT2D eigenvalue weighted by Crippen LogP contribution is -2.04. The van der Waals surface area contributed by atoms with Gasteiger partial charge in [0.25, 0.3) is 0 Å². The molecule has 5 heteroatoms. The minimum absolute atomic E-state index is 0.302. The lowest BCUT2D eigenvalue weighted by atomic mass is 10.1. The van der Waals surface area contributed by atoms with Crippen LogP contribution in [0.25, 0.3) is 10.9 Å². The maximum Gasteiger partial charge on any atom is 0.227 e. The molecule has 3 aromatic rings. The average Bonchev–Trinajstić information content (AvgIpc) is 2.97. The SMILES string of the molecule is CC#Cc1cc2cnn(C(C)C)c2cc1COc1ncccc1I. The van der Waals surface area contributed by atoms with Crippen LogP contribution < -0.4 is 4.74 Å². The van der Waals surface area contributed by atoms with Gasteiger partial charge in [0.05, 0.1) is 15.3 Å². The van der Waals surface area contributed by atoms with Gasteiger partial charge in [0, 0.05) is 28.8 Å². The Labute approximate surface area is 155 Å². The van der Waals surface area contributed by atoms with Crippen molar-refractivity contribution in [2.75, 3.05) is 0 Å². The molecular formula is C19H18IN3O. The predicted octanol–water partition coefficient (Wildman–Crippen LogP) is 4.57. The van der Waals surface area contributed by atoms with Gasteiger partial charge in [0.1, 0.15) is 6.61 Å². The van der Waals surface area contributed by atoms with Crippen molar-refractivity contribution in [2.45, 2.75) is 33.4 Å². The molecule has 2 heterocycles. The highest BCUT2D eigenvalue weighted by atomic mass is 127. The molecule has 0 N–H and O–H groups in total. The number of hydrogen-bond donors (Lipinski definition) is 0. The van der Waals surface area contributed by atoms with Crippen LogP contribution in [0.2, 0.25) is 0 Å². The second-order valence-electron chi connectivity index (χ2n) is 5.71. The number of hydrogen-bond acceptors (Lipinski definition) is 3. The minimum atomic E-state index is 0.302. The molecule has 0 aliphatic rings. The predicted molar refractivity (Wildman–Crippen MR) is 104 cm³/mol. The first-order valence-electron chi connectivity index (χ1n) is 7.76. The van der Waals surface area contributed by atoms with Crippen LogP contribution >= 0.6 is 22.6 Å². The Morgan fingerprint density at radius 1 is 1.33 bits per heavy atom. The molecule has 0 saturated heterocycles. The molecule has 4 nitrogen and oxygen atoms in total. The number of pyridine rings is 1. The number of nitrogens with zero attached hydrogens (tertiary/aromatic N) is 3. The number of benzene rings is 1. The molecule has 0 aliphatic heterocycles. The highest BCUT2D eigenvalue weighted by Crippen LogP contribution is 2.24. The minimum Gasteiger partial charge on any atom is -0.472 e. The third-order valence-electron chi connectivity index (χ3n) is 3.66. The van der Waals surface area contributed by atoms with Gasteiger partial charge in [-0.2, -0.15) is 5.10 Å². The fraction of sp³-hybridized carbons (Fsp3) is 0.263. The van der Waals surface area contributed by atoms with Crippen LogP contribution in [0, 0.1) is 15.4 Å². The first-order valence-corrected chi connectivity index (χ1v) is 8.84. The maximum absolute atomic E-state index is 5.92. The number of ether oxygens (including phenoxy) is 1. The van der Waals surface area contributed by atoms with Gasteiger partial charge in [-0.25, -0.2) is 4.98 Å². The molecule has 0 bridgehead atoms. The summed E-state index contributed by atoms with van der Waals surface area (Å²) < 4.78 is 8.93. The van der Waals surface area contributed by atoms with Crippen LogP contribution in [0.5, 0.6) is 5.88 Å². The van der Waals surface area contributed by atoms with Crippen molar-refractivity contribution in [1.82, 2.24) is 14.8 Å². The number of fused-ring (bicyclic) bond motifs is 1. The third-order valence-corrected chi connectivity index (χ3v) is 4.48. The van der Waals surface area contributed by atoms with E-state index in [4.69, 9.17) is 4.74 Å². The van der Waals surface area contributed by atoms with E-state index in [0.717, 1.165) is 25.6 Å². The van der Waals surface area contributed by atoms with Crippen LogP contribution in [0.15, 0.2) is 36.7 Å². The molecule has 122 valence electrons. The molecule has 0 spiro atoms. The second-order valence-corrected chi connectivity index (χ2v) is 6.87. The first kappa shape index (κ1) is 16.8. The number of halogens is 1. The maximum atomic E-state index is 5.92. The van der Waals surface area contributed by atoms with Crippen molar-refractivity contribution in [1.29, 1.82) is 0 Å². The summed E-state index contributed by atoms with van der Waals surface area (Å²) in [6, 6.07) is 8.39. The van der Waals surface area contributed by atoms with Crippen molar-refractivity contribution in [3.8, 4) is 17.7 Å². The third kappa shape index (κ3) is 3.39. The standard InChI is InChI=1S/C19H18IN3O/c1-4-6-14-9-15-11-22-23(13(2)3)18(15)10-16(14)12-24-19-17(20)7-5-8-21-19/h5,7-11,13H,12H2,1-3H3. The van der Waals surface area contributed by atoms with E-state index in [2.05, 4.69) is 70.5 Å². The summed E-state index contributed by atoms with van der Waals surface area (Å²) in [7, 11) is 0. The highest BCUT2D eigenvalue weighted by Gasteiger charge is 2.11. The molecule has 0 radical (unpaired) electrons. The zero-order chi connectivity index (χ0) is 17.1. The molecular weight excluding hydrogens is 413 g/mol. The van der Waals surface area contributed by atoms with E-state index < -0.39 is 0 Å². The Morgan fingerprint density at radius 2 is 2.17 bits per heavy atom. The number of rotatable bonds is 4. The van der Waals surface area contributed by atoms with Gasteiger partial charge in [-0.15, -0.1) is 5.92 Å². The van der Waals surface area contributed by atoms with Gasteiger partial charge >= 0.3 is 0 Å². The van der Waals surface area contributed by atoms with Crippen LogP contribution in [0.3, 0.4) is 0 Å². The monoisotopic (exact) mass is 431 g/mol. The van der Waals surface area contributed by atoms with Crippen molar-refractivity contribution in [2.24, 2.45) is 0 Å². The molecule has 0 aliphatic carbocycles. The Kier molecular flexibility index (Phi) is 5.05. The molecule has 0 amide bonds. The Hall–Kier alpha value is -2.07. The Balaban J connectivity index is 2.00. The van der Waals surface area contributed by atoms with Crippen molar-refractivity contribution < 1.29 is 4.74 Å². The van der Waals surface area contributed by atoms with Crippen molar-refractivity contribution in [3.63, 3.8) is 0 Å². The normalized spacial score (nSPS) is 10.7. The van der Waals surface area contributed by atoms with E-state index in [-0.39, 0.29) is 0 Å². The molecule has 1 aromatic carbocycles. The summed E-state index contributed by atoms with van der Waals surface area (Å²) in [5.41, 5.74) is 3.11. The van der Waals surface area contributed by atoms with Crippen LogP contribution in [-0.2, 0) is 6.61 Å². The van der Waals surface area contributed by atoms with Crippen LogP contribution in [0.4, 0.5) is 0 Å². The van der Waals surface area contributed by atoms with Gasteiger partial charge in [0.2, 0.25) is 5.88 Å². The molecule has 0 fully saturated rings. The van der Waals surface area contributed by atoms with Gasteiger partial charge < -0.3 is 4.74 Å². The molecule has 3 rings (SSSR count). The van der Waals surface area contributed by atoms with Gasteiger partial charge in [-0.1, -0.05) is 5.92 Å². The largest absolute Gasteiger partial charge is 0.472 e. The fourth-order valence-corrected chi connectivity index (χ4v) is 3.04. The smallest absolute Gasteiger partial charge is 0.227 e. The summed E-state index contributed by atoms with van der Waals surface area (Å²) >= 11 is 2.23. The molecule has 0 unspecified atom stereocenters. The van der Waals surface area contributed by atoms with E-state index in [1.807, 2.05) is 29.9 Å². The lowest BCUT2D eigenvalue weighted by molar-refractivity contribution is 0.291. The summed E-state index contributed by atoms with van der Waals surface area (Å²) in [5.74, 6) is 6.79. The Bertz CT molecular complexity index is 935. The summed E-state index contributed by atoms with van der Waals surface area (Å²) in [4.78, 5) is 4.28. The summed E-state index contributed by atoms with van der Waals surface area (Å²) in [5, 5.41) is 5.58. The molecule has 0 atom stereocenters. The van der Waals surface area contributed by atoms with E-state index in [1.54, 1.807) is 6.20 Å². The quantitative estimate of drug-likeness (QED) is 0.449. The number of aromatic nitrogens is 3. The first-order chi connectivity index (χ1) is 11.6. The van der Waals surface area contributed by atoms with E-state index in [1.165, 1.54) is 0 Å². The summed E-state index contributed by atoms with van der Waals surface area (Å²) in [6.45, 7) is 6.52. The van der Waals surface area contributed by atoms with Crippen LogP contribution in [0.1, 0.15) is 37.9 Å². The zero-order valence-electron chi connectivity index (χ0n) is 13.9. The zero-order valence-corrected chi connectivity index (χ0v) is 16.0. The fourth-order valence-electron chi connectivity index (χ4n) is 2.54. The van der Waals surface area contributed by atoms with E-state index in [0.29, 0.717) is 18.5 Å². The second kappa shape index (κ2) is 7.22. The topological polar surface area (TPSA) is 39.9 Å². The van der Waals surface area contributed by atoms with Gasteiger partial charge in [-0.3, -0.25) is 4.68 Å². The lowest BCUT2D eigenvalue weighted by Gasteiger charge is -2.11. The van der Waals surface area contributed by atoms with E-state index >= 15 is 0 Å². The van der Waals surface area contributed by atoms with Crippen LogP contribution in [-0.4, -0.2) is 14.8 Å². The van der Waals surface area contributed by atoms with E-state index in [9.17, 15) is 0 Å². The molecule has 0 saturated carbocycles. The highest BCUT2D eigenvalue weighted by molar-refractivity contribution is 14.1. The van der Waals surface area contributed by atoms with Crippen molar-refractivity contribution >= 4 is 33.5 Å². The van der Waals surface area contributed by atoms with Gasteiger partial charge in [-0.05, 0) is 67.6 Å². The Morgan fingerprint density at radius 3 is 2.88 bits per heavy atom. The van der Waals surface area contributed by atoms with Crippen molar-refractivity contribution in [3.05, 3.63) is 51.4 Å². The summed E-state index contributed by atoms with van der Waals surface area (Å²) in [6.07, 6.45) is 3.63.